The van der Waals surface area contributed by atoms with E-state index in [2.05, 4.69) is 31.1 Å². The Labute approximate surface area is 292 Å². The number of phenols is 1. The molecule has 1 aliphatic heterocycles. The van der Waals surface area contributed by atoms with Crippen molar-refractivity contribution in [3.8, 4) is 5.75 Å². The molecule has 3 aromatic heterocycles. The number of carbonyl (C=O) groups excluding carboxylic acids is 1. The number of fused-ring (bicyclic) bond motifs is 1. The largest absolute Gasteiger partial charge is 0.508 e. The number of anilines is 2. The van der Waals surface area contributed by atoms with Crippen molar-refractivity contribution in [2.24, 2.45) is 0 Å². The lowest BCUT2D eigenvalue weighted by atomic mass is 10.1. The van der Waals surface area contributed by atoms with Gasteiger partial charge in [-0.25, -0.2) is 9.78 Å². The fraction of sp³-hybridized carbons (Fsp3) is 0.412. The normalized spacial score (nSPS) is 22.4. The molecule has 2 amide bonds. The lowest BCUT2D eigenvalue weighted by Gasteiger charge is -2.22. The van der Waals surface area contributed by atoms with E-state index < -0.39 is 30.3 Å². The first-order chi connectivity index (χ1) is 24.8. The Bertz CT molecular complexity index is 1960. The molecule has 17 nitrogen and oxygen atoms in total. The van der Waals surface area contributed by atoms with Crippen LogP contribution in [0.5, 0.6) is 5.75 Å². The third-order valence-electron chi connectivity index (χ3n) is 9.46. The third-order valence-corrected chi connectivity index (χ3v) is 9.46. The lowest BCUT2D eigenvalue weighted by Crippen LogP contribution is -2.43. The number of aliphatic hydroxyl groups excluding tert-OH is 4. The van der Waals surface area contributed by atoms with Crippen LogP contribution in [0, 0.1) is 0 Å². The van der Waals surface area contributed by atoms with E-state index in [4.69, 9.17) is 9.97 Å². The fourth-order valence-corrected chi connectivity index (χ4v) is 6.82. The maximum absolute atomic E-state index is 12.7. The predicted molar refractivity (Wildman–Crippen MR) is 185 cm³/mol. The Morgan fingerprint density at radius 3 is 2.57 bits per heavy atom. The summed E-state index contributed by atoms with van der Waals surface area (Å²) in [7, 11) is 0. The highest BCUT2D eigenvalue weighted by atomic mass is 16.3. The first-order valence-corrected chi connectivity index (χ1v) is 16.9. The number of hydrogen-bond acceptors (Lipinski definition) is 13. The number of phenolic OH excluding ortho intramolecular Hbond substituents is 1. The molecule has 1 unspecified atom stereocenters. The van der Waals surface area contributed by atoms with Crippen molar-refractivity contribution in [1.82, 2.24) is 45.1 Å². The van der Waals surface area contributed by atoms with Gasteiger partial charge in [-0.05, 0) is 42.5 Å². The summed E-state index contributed by atoms with van der Waals surface area (Å²) in [6, 6.07) is 14.2. The number of aliphatic hydroxyl groups is 4. The van der Waals surface area contributed by atoms with Crippen LogP contribution in [-0.2, 0) is 19.6 Å². The summed E-state index contributed by atoms with van der Waals surface area (Å²) in [5.74, 6) is 0.900. The number of hydrogen-bond donors (Lipinski definition) is 8. The van der Waals surface area contributed by atoms with Gasteiger partial charge in [0.05, 0.1) is 37.8 Å². The van der Waals surface area contributed by atoms with Gasteiger partial charge in [0.25, 0.3) is 0 Å². The van der Waals surface area contributed by atoms with E-state index in [1.54, 1.807) is 29.1 Å². The van der Waals surface area contributed by atoms with Gasteiger partial charge in [0, 0.05) is 25.7 Å². The summed E-state index contributed by atoms with van der Waals surface area (Å²) in [4.78, 5) is 30.4. The highest BCUT2D eigenvalue weighted by molar-refractivity contribution is 5.85. The molecule has 2 aliphatic rings. The topological polar surface area (TPSA) is 232 Å². The van der Waals surface area contributed by atoms with Gasteiger partial charge in [-0.2, -0.15) is 25.0 Å². The van der Waals surface area contributed by atoms with E-state index >= 15 is 0 Å². The van der Waals surface area contributed by atoms with Crippen molar-refractivity contribution in [2.45, 2.75) is 68.8 Å². The van der Waals surface area contributed by atoms with Gasteiger partial charge >= 0.3 is 6.03 Å². The summed E-state index contributed by atoms with van der Waals surface area (Å²) < 4.78 is 1.72. The van der Waals surface area contributed by atoms with Crippen molar-refractivity contribution in [2.75, 3.05) is 29.9 Å². The standard InChI is InChI=1S/C34H41N11O6/c46-17-23(11-20-5-2-1-3-6-20)38-31-28-32(44(19-36-28)26-13-27(30(50)29(26)49)45-37-15-24(18-47)42-45)41-33(40-31)43-10-9-22(16-43)39-34(51)35-14-21-7-4-8-25(48)12-21/h1-8,12,15,19,22-23,26-27,29-30,46-50H,9-11,13-14,16-18H2,(H2,35,39,51)(H,38,40,41)/t22?,23-,26+,27-,29-,30+/m0/s1. The highest BCUT2D eigenvalue weighted by Crippen LogP contribution is 2.40. The first-order valence-electron chi connectivity index (χ1n) is 16.9. The minimum atomic E-state index is -1.20. The number of nitrogens with zero attached hydrogens (tertiary/aromatic N) is 8. The monoisotopic (exact) mass is 699 g/mol. The van der Waals surface area contributed by atoms with Crippen LogP contribution in [0.3, 0.4) is 0 Å². The molecule has 5 aromatic rings. The molecule has 268 valence electrons. The van der Waals surface area contributed by atoms with E-state index in [1.807, 2.05) is 41.3 Å². The number of amides is 2. The first kappa shape index (κ1) is 34.1. The fourth-order valence-electron chi connectivity index (χ4n) is 6.82. The van der Waals surface area contributed by atoms with Crippen LogP contribution in [0.15, 0.2) is 67.1 Å². The molecule has 0 radical (unpaired) electrons. The molecule has 4 heterocycles. The van der Waals surface area contributed by atoms with Gasteiger partial charge < -0.3 is 51.0 Å². The summed E-state index contributed by atoms with van der Waals surface area (Å²) in [6.07, 6.45) is 2.00. The van der Waals surface area contributed by atoms with Gasteiger partial charge in [-0.15, -0.1) is 0 Å². The van der Waals surface area contributed by atoms with Crippen LogP contribution in [0.2, 0.25) is 0 Å². The third kappa shape index (κ3) is 7.41. The number of carbonyl (C=O) groups is 1. The smallest absolute Gasteiger partial charge is 0.315 e. The maximum Gasteiger partial charge on any atom is 0.315 e. The Morgan fingerprint density at radius 1 is 1.00 bits per heavy atom. The van der Waals surface area contributed by atoms with Crippen LogP contribution in [-0.4, -0.2) is 110 Å². The molecule has 1 saturated heterocycles. The molecule has 17 heteroatoms. The van der Waals surface area contributed by atoms with Crippen molar-refractivity contribution >= 4 is 29.0 Å². The van der Waals surface area contributed by atoms with E-state index in [0.29, 0.717) is 54.6 Å². The Hall–Kier alpha value is -5.36. The van der Waals surface area contributed by atoms with E-state index in [-0.39, 0.29) is 44.0 Å². The molecular formula is C34H41N11O6. The van der Waals surface area contributed by atoms with Crippen molar-refractivity contribution < 1.29 is 30.3 Å². The number of aromatic nitrogens is 7. The van der Waals surface area contributed by atoms with Crippen LogP contribution in [0.25, 0.3) is 11.2 Å². The number of nitrogens with one attached hydrogen (secondary N) is 3. The zero-order valence-electron chi connectivity index (χ0n) is 27.7. The Morgan fingerprint density at radius 2 is 1.80 bits per heavy atom. The molecule has 51 heavy (non-hydrogen) atoms. The lowest BCUT2D eigenvalue weighted by molar-refractivity contribution is 0.00491. The van der Waals surface area contributed by atoms with Crippen LogP contribution < -0.4 is 20.9 Å². The molecule has 1 saturated carbocycles. The van der Waals surface area contributed by atoms with Gasteiger partial charge in [-0.3, -0.25) is 0 Å². The minimum Gasteiger partial charge on any atom is -0.508 e. The molecule has 2 fully saturated rings. The number of benzene rings is 2. The molecule has 6 atom stereocenters. The summed E-state index contributed by atoms with van der Waals surface area (Å²) in [5, 5.41) is 69.5. The molecule has 8 N–H and O–H groups in total. The quantitative estimate of drug-likeness (QED) is 0.0894. The van der Waals surface area contributed by atoms with Crippen LogP contribution in [0.1, 0.15) is 41.7 Å². The van der Waals surface area contributed by atoms with Gasteiger partial charge in [0.15, 0.2) is 17.0 Å². The zero-order chi connectivity index (χ0) is 35.5. The molecule has 7 rings (SSSR count). The van der Waals surface area contributed by atoms with E-state index in [9.17, 15) is 30.3 Å². The van der Waals surface area contributed by atoms with Crippen LogP contribution in [0.4, 0.5) is 16.6 Å². The molecule has 0 bridgehead atoms. The average Bonchev–Trinajstić information content (AvgIpc) is 3.95. The van der Waals surface area contributed by atoms with E-state index in [1.165, 1.54) is 11.0 Å². The maximum atomic E-state index is 12.7. The second kappa shape index (κ2) is 14.9. The Balaban J connectivity index is 1.14. The summed E-state index contributed by atoms with van der Waals surface area (Å²) >= 11 is 0. The predicted octanol–water partition coefficient (Wildman–Crippen LogP) is 0.617. The second-order valence-electron chi connectivity index (χ2n) is 13.0. The second-order valence-corrected chi connectivity index (χ2v) is 13.0. The van der Waals surface area contributed by atoms with Gasteiger partial charge in [0.1, 0.15) is 29.7 Å². The number of imidazole rings is 1. The Kier molecular flexibility index (Phi) is 9.94. The summed E-state index contributed by atoms with van der Waals surface area (Å²) in [5.41, 5.74) is 2.99. The summed E-state index contributed by atoms with van der Waals surface area (Å²) in [6.45, 7) is 0.760. The molecular weight excluding hydrogens is 658 g/mol. The molecule has 2 aromatic carbocycles. The van der Waals surface area contributed by atoms with Crippen LogP contribution >= 0.6 is 0 Å². The average molecular weight is 700 g/mol. The van der Waals surface area contributed by atoms with Crippen molar-refractivity contribution in [1.29, 1.82) is 0 Å². The number of urea groups is 1. The SMILES string of the molecule is O=C(NCc1cccc(O)c1)NC1CCN(c2nc(N[C@H](CO)Cc3ccccc3)c3ncn([C@@H]4C[C@H](n5ncc(CO)n5)[C@@H](O)[C@H]4O)c3n2)C1. The zero-order valence-corrected chi connectivity index (χ0v) is 27.7. The number of rotatable bonds is 12. The molecule has 1 aliphatic carbocycles. The van der Waals surface area contributed by atoms with Gasteiger partial charge in [0.2, 0.25) is 5.95 Å². The van der Waals surface area contributed by atoms with E-state index in [0.717, 1.165) is 11.1 Å². The highest BCUT2D eigenvalue weighted by Gasteiger charge is 2.45. The van der Waals surface area contributed by atoms with Crippen molar-refractivity contribution in [3.05, 3.63) is 83.9 Å². The van der Waals surface area contributed by atoms with Gasteiger partial charge in [-0.1, -0.05) is 42.5 Å². The van der Waals surface area contributed by atoms with Crippen molar-refractivity contribution in [3.63, 3.8) is 0 Å². The molecule has 0 spiro atoms. The minimum absolute atomic E-state index is 0.128. The number of aromatic hydroxyl groups is 1.